The lowest BCUT2D eigenvalue weighted by Crippen LogP contribution is -2.41. The summed E-state index contributed by atoms with van der Waals surface area (Å²) in [7, 11) is 0. The van der Waals surface area contributed by atoms with Crippen LogP contribution in [0.3, 0.4) is 0 Å². The molecule has 6 nitrogen and oxygen atoms in total. The van der Waals surface area contributed by atoms with Crippen LogP contribution in [-0.4, -0.2) is 55.2 Å². The normalized spacial score (nSPS) is 15.2. The largest absolute Gasteiger partial charge is 0.441 e. The maximum Gasteiger partial charge on any atom is 0.226 e. The Kier molecular flexibility index (Phi) is 6.19. The first-order valence-electron chi connectivity index (χ1n) is 8.81. The van der Waals surface area contributed by atoms with Gasteiger partial charge in [0.15, 0.2) is 0 Å². The van der Waals surface area contributed by atoms with E-state index in [0.717, 1.165) is 49.9 Å². The van der Waals surface area contributed by atoms with Crippen LogP contribution in [0.1, 0.15) is 17.9 Å². The smallest absolute Gasteiger partial charge is 0.226 e. The second-order valence-corrected chi connectivity index (χ2v) is 6.19. The Labute approximate surface area is 148 Å². The summed E-state index contributed by atoms with van der Waals surface area (Å²) in [4.78, 5) is 18.9. The van der Waals surface area contributed by atoms with Crippen molar-refractivity contribution >= 4 is 5.91 Å². The maximum atomic E-state index is 12.0. The van der Waals surface area contributed by atoms with Gasteiger partial charge in [-0.25, -0.2) is 4.98 Å². The van der Waals surface area contributed by atoms with Gasteiger partial charge in [-0.05, 0) is 19.1 Å². The molecule has 1 aliphatic heterocycles. The van der Waals surface area contributed by atoms with Crippen molar-refractivity contribution in [3.8, 4) is 11.5 Å². The summed E-state index contributed by atoms with van der Waals surface area (Å²) in [5.74, 6) is 1.44. The number of hydrogen-bond donors (Lipinski definition) is 1. The van der Waals surface area contributed by atoms with Gasteiger partial charge < -0.3 is 14.5 Å². The zero-order valence-corrected chi connectivity index (χ0v) is 14.7. The second kappa shape index (κ2) is 8.78. The van der Waals surface area contributed by atoms with E-state index in [2.05, 4.69) is 15.2 Å². The number of oxazole rings is 1. The van der Waals surface area contributed by atoms with Gasteiger partial charge in [0.2, 0.25) is 11.8 Å². The molecule has 25 heavy (non-hydrogen) atoms. The van der Waals surface area contributed by atoms with Crippen LogP contribution in [-0.2, 0) is 16.0 Å². The van der Waals surface area contributed by atoms with Crippen LogP contribution in [0.2, 0.25) is 0 Å². The van der Waals surface area contributed by atoms with Crippen molar-refractivity contribution in [1.82, 2.24) is 15.2 Å². The summed E-state index contributed by atoms with van der Waals surface area (Å²) in [6.07, 6.45) is 1.01. The van der Waals surface area contributed by atoms with Crippen molar-refractivity contribution < 1.29 is 13.9 Å². The summed E-state index contributed by atoms with van der Waals surface area (Å²) < 4.78 is 11.0. The van der Waals surface area contributed by atoms with E-state index >= 15 is 0 Å². The van der Waals surface area contributed by atoms with E-state index in [1.807, 2.05) is 37.3 Å². The van der Waals surface area contributed by atoms with Crippen molar-refractivity contribution in [2.45, 2.75) is 19.8 Å². The number of aryl methyl sites for hydroxylation is 2. The summed E-state index contributed by atoms with van der Waals surface area (Å²) in [6.45, 7) is 6.88. The van der Waals surface area contributed by atoms with Gasteiger partial charge in [-0.1, -0.05) is 18.2 Å². The zero-order valence-electron chi connectivity index (χ0n) is 14.7. The lowest BCUT2D eigenvalue weighted by Gasteiger charge is -2.26. The summed E-state index contributed by atoms with van der Waals surface area (Å²) in [5, 5.41) is 2.98. The lowest BCUT2D eigenvalue weighted by atomic mass is 10.2. The molecule has 2 aromatic rings. The maximum absolute atomic E-state index is 12.0. The lowest BCUT2D eigenvalue weighted by molar-refractivity contribution is -0.121. The summed E-state index contributed by atoms with van der Waals surface area (Å²) >= 11 is 0. The zero-order chi connectivity index (χ0) is 17.5. The summed E-state index contributed by atoms with van der Waals surface area (Å²) in [5.41, 5.74) is 1.80. The van der Waals surface area contributed by atoms with Crippen molar-refractivity contribution in [3.05, 3.63) is 41.8 Å². The first-order chi connectivity index (χ1) is 12.2. The van der Waals surface area contributed by atoms with Gasteiger partial charge in [0.05, 0.1) is 18.9 Å². The molecule has 1 fully saturated rings. The fourth-order valence-electron chi connectivity index (χ4n) is 2.86. The van der Waals surface area contributed by atoms with E-state index in [-0.39, 0.29) is 5.91 Å². The number of nitrogens with one attached hydrogen (secondary N) is 1. The highest BCUT2D eigenvalue weighted by Gasteiger charge is 2.13. The van der Waals surface area contributed by atoms with E-state index in [9.17, 15) is 4.79 Å². The predicted molar refractivity (Wildman–Crippen MR) is 95.3 cm³/mol. The van der Waals surface area contributed by atoms with Gasteiger partial charge >= 0.3 is 0 Å². The molecule has 0 aliphatic carbocycles. The van der Waals surface area contributed by atoms with Crippen LogP contribution in [0, 0.1) is 6.92 Å². The average Bonchev–Trinajstić information content (AvgIpc) is 3.02. The molecular weight excluding hydrogens is 318 g/mol. The van der Waals surface area contributed by atoms with Crippen LogP contribution < -0.4 is 5.32 Å². The highest BCUT2D eigenvalue weighted by molar-refractivity contribution is 5.76. The number of carbonyl (C=O) groups is 1. The Morgan fingerprint density at radius 2 is 2.00 bits per heavy atom. The van der Waals surface area contributed by atoms with Crippen LogP contribution in [0.5, 0.6) is 0 Å². The standard InChI is InChI=1S/C19H25N3O3/c1-15-17(21-19(25-15)16-5-3-2-4-6-16)7-8-18(23)20-9-10-22-11-13-24-14-12-22/h2-6H,7-14H2,1H3,(H,20,23). The topological polar surface area (TPSA) is 67.6 Å². The van der Waals surface area contributed by atoms with Gasteiger partial charge in [-0.2, -0.15) is 0 Å². The minimum absolute atomic E-state index is 0.0527. The Hall–Kier alpha value is -2.18. The molecule has 1 aliphatic rings. The van der Waals surface area contributed by atoms with Crippen LogP contribution in [0.25, 0.3) is 11.5 Å². The Bertz CT molecular complexity index is 678. The molecule has 1 amide bonds. The van der Waals surface area contributed by atoms with Crippen LogP contribution in [0.4, 0.5) is 0 Å². The minimum Gasteiger partial charge on any atom is -0.441 e. The van der Waals surface area contributed by atoms with Crippen molar-refractivity contribution in [2.24, 2.45) is 0 Å². The molecule has 1 aromatic carbocycles. The molecule has 3 rings (SSSR count). The molecular formula is C19H25N3O3. The molecule has 134 valence electrons. The highest BCUT2D eigenvalue weighted by atomic mass is 16.5. The number of benzene rings is 1. The van der Waals surface area contributed by atoms with Crippen molar-refractivity contribution in [3.63, 3.8) is 0 Å². The number of ether oxygens (including phenoxy) is 1. The van der Waals surface area contributed by atoms with E-state index in [1.165, 1.54) is 0 Å². The quantitative estimate of drug-likeness (QED) is 0.833. The Balaban J connectivity index is 1.43. The van der Waals surface area contributed by atoms with E-state index in [1.54, 1.807) is 0 Å². The van der Waals surface area contributed by atoms with Crippen LogP contribution in [0.15, 0.2) is 34.7 Å². The number of morpholine rings is 1. The molecule has 0 saturated carbocycles. The molecule has 2 heterocycles. The van der Waals surface area contributed by atoms with Gasteiger partial charge in [-0.15, -0.1) is 0 Å². The van der Waals surface area contributed by atoms with Crippen molar-refractivity contribution in [1.29, 1.82) is 0 Å². The first kappa shape index (κ1) is 17.6. The van der Waals surface area contributed by atoms with E-state index in [4.69, 9.17) is 9.15 Å². The number of carbonyl (C=O) groups excluding carboxylic acids is 1. The fraction of sp³-hybridized carbons (Fsp3) is 0.474. The second-order valence-electron chi connectivity index (χ2n) is 6.19. The minimum atomic E-state index is 0.0527. The first-order valence-corrected chi connectivity index (χ1v) is 8.81. The number of aromatic nitrogens is 1. The molecule has 1 N–H and O–H groups in total. The van der Waals surface area contributed by atoms with Crippen LogP contribution >= 0.6 is 0 Å². The van der Waals surface area contributed by atoms with E-state index in [0.29, 0.717) is 25.3 Å². The molecule has 0 unspecified atom stereocenters. The molecule has 1 aromatic heterocycles. The van der Waals surface area contributed by atoms with E-state index < -0.39 is 0 Å². The SMILES string of the molecule is Cc1oc(-c2ccccc2)nc1CCC(=O)NCCN1CCOCC1. The average molecular weight is 343 g/mol. The molecule has 0 spiro atoms. The number of nitrogens with zero attached hydrogens (tertiary/aromatic N) is 2. The van der Waals surface area contributed by atoms with Gasteiger partial charge in [0, 0.05) is 44.6 Å². The molecule has 0 atom stereocenters. The third kappa shape index (κ3) is 5.14. The third-order valence-corrected chi connectivity index (χ3v) is 4.36. The third-order valence-electron chi connectivity index (χ3n) is 4.36. The number of amides is 1. The summed E-state index contributed by atoms with van der Waals surface area (Å²) in [6, 6.07) is 9.80. The molecule has 6 heteroatoms. The van der Waals surface area contributed by atoms with Gasteiger partial charge in [-0.3, -0.25) is 9.69 Å². The molecule has 0 bridgehead atoms. The van der Waals surface area contributed by atoms with Gasteiger partial charge in [0.25, 0.3) is 0 Å². The Morgan fingerprint density at radius 1 is 1.24 bits per heavy atom. The molecule has 1 saturated heterocycles. The van der Waals surface area contributed by atoms with Crippen molar-refractivity contribution in [2.75, 3.05) is 39.4 Å². The molecule has 0 radical (unpaired) electrons. The Morgan fingerprint density at radius 3 is 2.76 bits per heavy atom. The number of rotatable bonds is 7. The monoisotopic (exact) mass is 343 g/mol. The highest BCUT2D eigenvalue weighted by Crippen LogP contribution is 2.22. The number of hydrogen-bond acceptors (Lipinski definition) is 5. The van der Waals surface area contributed by atoms with Gasteiger partial charge in [0.1, 0.15) is 5.76 Å². The fourth-order valence-corrected chi connectivity index (χ4v) is 2.86. The predicted octanol–water partition coefficient (Wildman–Crippen LogP) is 2.03.